The van der Waals surface area contributed by atoms with Crippen LogP contribution in [0.15, 0.2) is 18.2 Å². The minimum absolute atomic E-state index is 0.220. The number of anilines is 2. The first-order valence-electron chi connectivity index (χ1n) is 5.71. The highest BCUT2D eigenvalue weighted by molar-refractivity contribution is 6.35. The van der Waals surface area contributed by atoms with Crippen LogP contribution in [0, 0.1) is 5.41 Å². The molecule has 1 aliphatic rings. The number of rotatable bonds is 1. The summed E-state index contributed by atoms with van der Waals surface area (Å²) in [6, 6.07) is 4.77. The number of amides is 2. The van der Waals surface area contributed by atoms with Crippen LogP contribution in [-0.2, 0) is 9.59 Å². The van der Waals surface area contributed by atoms with Gasteiger partial charge in [-0.1, -0.05) is 25.4 Å². The normalized spacial score (nSPS) is 19.2. The number of hydrogen-bond acceptors (Lipinski definition) is 3. The summed E-state index contributed by atoms with van der Waals surface area (Å²) in [5.41, 5.74) is 6.22. The van der Waals surface area contributed by atoms with Gasteiger partial charge in [0.15, 0.2) is 0 Å². The molecule has 18 heavy (non-hydrogen) atoms. The second kappa shape index (κ2) is 4.28. The zero-order valence-corrected chi connectivity index (χ0v) is 11.1. The van der Waals surface area contributed by atoms with Crippen LogP contribution in [0.3, 0.4) is 0 Å². The van der Waals surface area contributed by atoms with Gasteiger partial charge >= 0.3 is 0 Å². The van der Waals surface area contributed by atoms with Crippen molar-refractivity contribution in [3.05, 3.63) is 23.2 Å². The third-order valence-corrected chi connectivity index (χ3v) is 3.27. The highest BCUT2D eigenvalue weighted by Gasteiger charge is 2.38. The molecule has 1 aromatic carbocycles. The van der Waals surface area contributed by atoms with E-state index in [4.69, 9.17) is 17.3 Å². The lowest BCUT2D eigenvalue weighted by Gasteiger charge is -2.35. The Morgan fingerprint density at radius 2 is 1.78 bits per heavy atom. The van der Waals surface area contributed by atoms with E-state index in [9.17, 15) is 9.59 Å². The molecule has 0 aromatic heterocycles. The van der Waals surface area contributed by atoms with Crippen molar-refractivity contribution in [2.45, 2.75) is 26.7 Å². The van der Waals surface area contributed by atoms with E-state index < -0.39 is 0 Å². The van der Waals surface area contributed by atoms with E-state index in [1.165, 1.54) is 6.07 Å². The molecule has 0 aliphatic carbocycles. The highest BCUT2D eigenvalue weighted by atomic mass is 35.5. The van der Waals surface area contributed by atoms with Crippen LogP contribution in [0.2, 0.25) is 5.02 Å². The molecule has 2 amide bonds. The lowest BCUT2D eigenvalue weighted by Crippen LogP contribution is -2.46. The SMILES string of the molecule is CC1(C)CC(=O)N(c2ccc(N)cc2Cl)C(=O)C1. The van der Waals surface area contributed by atoms with Crippen LogP contribution in [0.5, 0.6) is 0 Å². The predicted molar refractivity (Wildman–Crippen MR) is 71.4 cm³/mol. The third-order valence-electron chi connectivity index (χ3n) is 2.97. The number of piperidine rings is 1. The lowest BCUT2D eigenvalue weighted by atomic mass is 9.81. The topological polar surface area (TPSA) is 63.4 Å². The largest absolute Gasteiger partial charge is 0.399 e. The number of nitrogens with zero attached hydrogens (tertiary/aromatic N) is 1. The summed E-state index contributed by atoms with van der Waals surface area (Å²) in [5, 5.41) is 0.316. The maximum Gasteiger partial charge on any atom is 0.234 e. The van der Waals surface area contributed by atoms with E-state index in [0.717, 1.165) is 4.90 Å². The van der Waals surface area contributed by atoms with Crippen molar-refractivity contribution in [3.63, 3.8) is 0 Å². The molecule has 1 aromatic rings. The van der Waals surface area contributed by atoms with E-state index in [-0.39, 0.29) is 17.2 Å². The molecule has 1 heterocycles. The first-order chi connectivity index (χ1) is 8.30. The number of carbonyl (C=O) groups excluding carboxylic acids is 2. The second-order valence-electron chi connectivity index (χ2n) is 5.35. The Hall–Kier alpha value is -1.55. The van der Waals surface area contributed by atoms with Crippen LogP contribution < -0.4 is 10.6 Å². The zero-order chi connectivity index (χ0) is 13.5. The molecule has 4 nitrogen and oxygen atoms in total. The number of halogens is 1. The molecule has 0 atom stereocenters. The van der Waals surface area contributed by atoms with E-state index in [1.807, 2.05) is 13.8 Å². The Balaban J connectivity index is 2.39. The monoisotopic (exact) mass is 266 g/mol. The molecule has 5 heteroatoms. The number of hydrogen-bond donors (Lipinski definition) is 1. The molecule has 96 valence electrons. The molecule has 0 unspecified atom stereocenters. The Morgan fingerprint density at radius 3 is 2.28 bits per heavy atom. The summed E-state index contributed by atoms with van der Waals surface area (Å²) in [7, 11) is 0. The zero-order valence-electron chi connectivity index (χ0n) is 10.4. The molecule has 0 saturated carbocycles. The highest BCUT2D eigenvalue weighted by Crippen LogP contribution is 2.37. The fourth-order valence-electron chi connectivity index (χ4n) is 2.15. The van der Waals surface area contributed by atoms with Crippen molar-refractivity contribution in [2.24, 2.45) is 5.41 Å². The van der Waals surface area contributed by atoms with Crippen molar-refractivity contribution in [2.75, 3.05) is 10.6 Å². The molecule has 1 saturated heterocycles. The number of nitrogen functional groups attached to an aromatic ring is 1. The third kappa shape index (κ3) is 2.34. The summed E-state index contributed by atoms with van der Waals surface area (Å²) in [5.74, 6) is -0.439. The second-order valence-corrected chi connectivity index (χ2v) is 5.76. The van der Waals surface area contributed by atoms with E-state index in [1.54, 1.807) is 12.1 Å². The van der Waals surface area contributed by atoms with Gasteiger partial charge < -0.3 is 5.73 Å². The smallest absolute Gasteiger partial charge is 0.234 e. The first kappa shape index (κ1) is 12.9. The summed E-state index contributed by atoms with van der Waals surface area (Å²) in [6.45, 7) is 3.81. The fourth-order valence-corrected chi connectivity index (χ4v) is 2.43. The Kier molecular flexibility index (Phi) is 3.07. The quantitative estimate of drug-likeness (QED) is 0.628. The molecule has 0 radical (unpaired) electrons. The van der Waals surface area contributed by atoms with E-state index in [2.05, 4.69) is 0 Å². The van der Waals surface area contributed by atoms with Gasteiger partial charge in [0.05, 0.1) is 10.7 Å². The number of nitrogens with two attached hydrogens (primary N) is 1. The Bertz CT molecular complexity index is 506. The van der Waals surface area contributed by atoms with Gasteiger partial charge in [-0.05, 0) is 23.6 Å². The van der Waals surface area contributed by atoms with Gasteiger partial charge in [-0.15, -0.1) is 0 Å². The molecule has 2 rings (SSSR count). The molecule has 1 aliphatic heterocycles. The van der Waals surface area contributed by atoms with Crippen molar-refractivity contribution in [1.29, 1.82) is 0 Å². The van der Waals surface area contributed by atoms with Gasteiger partial charge in [-0.25, -0.2) is 4.90 Å². The van der Waals surface area contributed by atoms with Gasteiger partial charge in [0.1, 0.15) is 0 Å². The lowest BCUT2D eigenvalue weighted by molar-refractivity contribution is -0.132. The van der Waals surface area contributed by atoms with E-state index >= 15 is 0 Å². The maximum absolute atomic E-state index is 12.1. The molecule has 0 spiro atoms. The standard InChI is InChI=1S/C13H15ClN2O2/c1-13(2)6-11(17)16(12(18)7-13)10-4-3-8(15)5-9(10)14/h3-5H,6-7,15H2,1-2H3. The van der Waals surface area contributed by atoms with Gasteiger partial charge in [-0.3, -0.25) is 9.59 Å². The number of carbonyl (C=O) groups is 2. The maximum atomic E-state index is 12.1. The van der Waals surface area contributed by atoms with Crippen molar-refractivity contribution in [3.8, 4) is 0 Å². The fraction of sp³-hybridized carbons (Fsp3) is 0.385. The van der Waals surface area contributed by atoms with Crippen molar-refractivity contribution >= 4 is 34.8 Å². The summed E-state index contributed by atoms with van der Waals surface area (Å²) in [6.07, 6.45) is 0.666. The molecule has 0 bridgehead atoms. The van der Waals surface area contributed by atoms with Gasteiger partial charge in [0.25, 0.3) is 0 Å². The minimum atomic E-state index is -0.287. The van der Waals surface area contributed by atoms with Crippen molar-refractivity contribution in [1.82, 2.24) is 0 Å². The first-order valence-corrected chi connectivity index (χ1v) is 6.09. The van der Waals surface area contributed by atoms with Gasteiger partial charge in [0, 0.05) is 18.5 Å². The summed E-state index contributed by atoms with van der Waals surface area (Å²) in [4.78, 5) is 25.3. The molecular formula is C13H15ClN2O2. The van der Waals surface area contributed by atoms with Crippen molar-refractivity contribution < 1.29 is 9.59 Å². The minimum Gasteiger partial charge on any atom is -0.399 e. The Labute approximate surface area is 111 Å². The average Bonchev–Trinajstić information content (AvgIpc) is 2.18. The van der Waals surface area contributed by atoms with Gasteiger partial charge in [-0.2, -0.15) is 0 Å². The molecule has 2 N–H and O–H groups in total. The van der Waals surface area contributed by atoms with Gasteiger partial charge in [0.2, 0.25) is 11.8 Å². The summed E-state index contributed by atoms with van der Waals surface area (Å²) >= 11 is 6.04. The number of benzene rings is 1. The van der Waals surface area contributed by atoms with E-state index in [0.29, 0.717) is 29.2 Å². The predicted octanol–water partition coefficient (Wildman–Crippen LogP) is 2.60. The molecular weight excluding hydrogens is 252 g/mol. The van der Waals surface area contributed by atoms with Crippen LogP contribution in [0.4, 0.5) is 11.4 Å². The Morgan fingerprint density at radius 1 is 1.22 bits per heavy atom. The average molecular weight is 267 g/mol. The van der Waals surface area contributed by atoms with Crippen LogP contribution in [-0.4, -0.2) is 11.8 Å². The van der Waals surface area contributed by atoms with Crippen LogP contribution in [0.25, 0.3) is 0 Å². The molecule has 1 fully saturated rings. The summed E-state index contributed by atoms with van der Waals surface area (Å²) < 4.78 is 0. The number of imide groups is 1. The van der Waals surface area contributed by atoms with Crippen LogP contribution >= 0.6 is 11.6 Å². The van der Waals surface area contributed by atoms with Crippen LogP contribution in [0.1, 0.15) is 26.7 Å².